The molecule has 0 spiro atoms. The molecule has 3 heterocycles. The zero-order chi connectivity index (χ0) is 29.8. The van der Waals surface area contributed by atoms with Gasteiger partial charge in [-0.15, -0.1) is 5.10 Å². The minimum absolute atomic E-state index is 0.149. The highest BCUT2D eigenvalue weighted by Crippen LogP contribution is 2.47. The van der Waals surface area contributed by atoms with E-state index in [1.54, 1.807) is 25.3 Å². The van der Waals surface area contributed by atoms with Crippen LogP contribution in [0.2, 0.25) is 0 Å². The molecule has 0 radical (unpaired) electrons. The van der Waals surface area contributed by atoms with Crippen molar-refractivity contribution in [2.75, 3.05) is 20.8 Å². The van der Waals surface area contributed by atoms with Crippen molar-refractivity contribution in [3.05, 3.63) is 60.0 Å². The minimum atomic E-state index is -1.18. The highest BCUT2D eigenvalue weighted by molar-refractivity contribution is 5.95. The molecular weight excluding hydrogens is 551 g/mol. The van der Waals surface area contributed by atoms with E-state index in [2.05, 4.69) is 15.7 Å². The number of esters is 1. The van der Waals surface area contributed by atoms with Crippen LogP contribution >= 0.6 is 0 Å². The van der Waals surface area contributed by atoms with Crippen LogP contribution < -0.4 is 9.47 Å². The van der Waals surface area contributed by atoms with Crippen molar-refractivity contribution < 1.29 is 23.4 Å². The van der Waals surface area contributed by atoms with Crippen molar-refractivity contribution in [1.82, 2.24) is 29.1 Å². The lowest BCUT2D eigenvalue weighted by molar-refractivity contribution is 0.0600. The molecule has 2 aliphatic carbocycles. The maximum atomic E-state index is 13.8. The number of imidazole rings is 1. The summed E-state index contributed by atoms with van der Waals surface area (Å²) in [4.78, 5) is 17.5. The molecule has 1 atom stereocenters. The van der Waals surface area contributed by atoms with E-state index in [4.69, 9.17) is 24.3 Å². The Morgan fingerprint density at radius 2 is 1.88 bits per heavy atom. The van der Waals surface area contributed by atoms with Crippen LogP contribution in [0.25, 0.3) is 39.2 Å². The predicted molar refractivity (Wildman–Crippen MR) is 159 cm³/mol. The van der Waals surface area contributed by atoms with Crippen LogP contribution in [0.5, 0.6) is 11.6 Å². The van der Waals surface area contributed by atoms with Gasteiger partial charge in [0.25, 0.3) is 5.88 Å². The van der Waals surface area contributed by atoms with E-state index in [-0.39, 0.29) is 6.61 Å². The maximum absolute atomic E-state index is 13.8. The van der Waals surface area contributed by atoms with E-state index in [1.165, 1.54) is 14.0 Å². The van der Waals surface area contributed by atoms with Gasteiger partial charge in [-0.1, -0.05) is 12.1 Å². The van der Waals surface area contributed by atoms with E-state index in [9.17, 15) is 9.18 Å². The van der Waals surface area contributed by atoms with Gasteiger partial charge in [-0.05, 0) is 56.9 Å². The van der Waals surface area contributed by atoms with Crippen LogP contribution in [0.1, 0.15) is 60.6 Å². The minimum Gasteiger partial charge on any atom is -0.490 e. The maximum Gasteiger partial charge on any atom is 0.337 e. The van der Waals surface area contributed by atoms with Crippen molar-refractivity contribution in [2.24, 2.45) is 7.05 Å². The van der Waals surface area contributed by atoms with Gasteiger partial charge in [-0.2, -0.15) is 5.10 Å². The van der Waals surface area contributed by atoms with Crippen molar-refractivity contribution in [2.45, 2.75) is 50.7 Å². The van der Waals surface area contributed by atoms with Crippen LogP contribution in [-0.4, -0.2) is 62.1 Å². The Balaban J connectivity index is 1.36. The number of hydrogen-bond acceptors (Lipinski definition) is 7. The first-order chi connectivity index (χ1) is 20.9. The summed E-state index contributed by atoms with van der Waals surface area (Å²) in [6, 6.07) is 11.5. The molecule has 43 heavy (non-hydrogen) atoms. The van der Waals surface area contributed by atoms with E-state index >= 15 is 0 Å². The second kappa shape index (κ2) is 10.6. The lowest BCUT2D eigenvalue weighted by Gasteiger charge is -2.14. The first-order valence-corrected chi connectivity index (χ1v) is 14.5. The average molecular weight is 585 g/mol. The number of benzene rings is 2. The van der Waals surface area contributed by atoms with E-state index < -0.39 is 12.1 Å². The third-order valence-electron chi connectivity index (χ3n) is 8.06. The molecule has 5 aromatic rings. The Morgan fingerprint density at radius 3 is 2.58 bits per heavy atom. The number of halogens is 1. The highest BCUT2D eigenvalue weighted by Gasteiger charge is 2.33. The molecule has 0 N–H and O–H groups in total. The SMILES string of the molecule is COC(=O)c1ccc(-c2nc(-c3cccc4nn(-c5cn(C6CC6)nc5OC)cc34)c(C3CC3)n2C)c(OCC(C)F)c1. The Morgan fingerprint density at radius 1 is 1.07 bits per heavy atom. The number of methoxy groups -OCH3 is 2. The molecule has 0 aliphatic heterocycles. The molecular formula is C32H33FN6O4. The van der Waals surface area contributed by atoms with E-state index in [1.807, 2.05) is 40.9 Å². The zero-order valence-electron chi connectivity index (χ0n) is 24.6. The topological polar surface area (TPSA) is 98.2 Å². The van der Waals surface area contributed by atoms with Gasteiger partial charge >= 0.3 is 5.97 Å². The summed E-state index contributed by atoms with van der Waals surface area (Å²) in [7, 11) is 4.94. The molecule has 10 nitrogen and oxygen atoms in total. The Kier molecular flexibility index (Phi) is 6.67. The lowest BCUT2D eigenvalue weighted by atomic mass is 10.0. The summed E-state index contributed by atoms with van der Waals surface area (Å²) in [6.07, 6.45) is 7.20. The first-order valence-electron chi connectivity index (χ1n) is 14.5. The Bertz CT molecular complexity index is 1850. The summed E-state index contributed by atoms with van der Waals surface area (Å²) in [6.45, 7) is 1.28. The lowest BCUT2D eigenvalue weighted by Crippen LogP contribution is -2.11. The molecule has 2 aromatic carbocycles. The molecule has 222 valence electrons. The largest absolute Gasteiger partial charge is 0.490 e. The summed E-state index contributed by atoms with van der Waals surface area (Å²) in [5.41, 5.74) is 5.56. The smallest absolute Gasteiger partial charge is 0.337 e. The summed E-state index contributed by atoms with van der Waals surface area (Å²) in [5, 5.41) is 10.5. The molecule has 0 amide bonds. The number of aromatic nitrogens is 6. The summed E-state index contributed by atoms with van der Waals surface area (Å²) < 4.78 is 36.1. The van der Waals surface area contributed by atoms with Gasteiger partial charge in [0, 0.05) is 35.8 Å². The van der Waals surface area contributed by atoms with Crippen LogP contribution in [0.4, 0.5) is 4.39 Å². The molecule has 7 rings (SSSR count). The van der Waals surface area contributed by atoms with Gasteiger partial charge in [0.2, 0.25) is 0 Å². The van der Waals surface area contributed by atoms with Crippen LogP contribution in [0, 0.1) is 0 Å². The van der Waals surface area contributed by atoms with Crippen molar-refractivity contribution >= 4 is 16.9 Å². The van der Waals surface area contributed by atoms with E-state index in [0.29, 0.717) is 40.5 Å². The standard InChI is InChI=1S/C32H33FN6O4/c1-18(33)17-43-27-14-20(32(40)42-4)10-13-23(27)30-34-28(29(37(30)2)19-8-9-19)22-6-5-7-25-24(22)15-39(35-25)26-16-38(21-11-12-21)36-31(26)41-3/h5-7,10,13-16,18-19,21H,8-9,11-12,17H2,1-4H3. The number of ether oxygens (including phenoxy) is 3. The number of fused-ring (bicyclic) bond motifs is 1. The van der Waals surface area contributed by atoms with Gasteiger partial charge in [-0.3, -0.25) is 4.68 Å². The second-order valence-corrected chi connectivity index (χ2v) is 11.3. The zero-order valence-corrected chi connectivity index (χ0v) is 24.6. The normalized spacial score (nSPS) is 15.6. The first kappa shape index (κ1) is 27.2. The molecule has 2 aliphatic rings. The van der Waals surface area contributed by atoms with Gasteiger partial charge in [0.15, 0.2) is 0 Å². The number of rotatable bonds is 10. The predicted octanol–water partition coefficient (Wildman–Crippen LogP) is 6.03. The highest BCUT2D eigenvalue weighted by atomic mass is 19.1. The molecule has 1 unspecified atom stereocenters. The van der Waals surface area contributed by atoms with Crippen LogP contribution in [0.15, 0.2) is 48.8 Å². The molecule has 11 heteroatoms. The Labute approximate surface area is 248 Å². The number of carbonyl (C=O) groups is 1. The van der Waals surface area contributed by atoms with Gasteiger partial charge in [-0.25, -0.2) is 18.9 Å². The van der Waals surface area contributed by atoms with Gasteiger partial charge in [0.05, 0.1) is 48.8 Å². The number of alkyl halides is 1. The summed E-state index contributed by atoms with van der Waals surface area (Å²) in [5.74, 6) is 1.46. The molecule has 2 fully saturated rings. The fourth-order valence-corrected chi connectivity index (χ4v) is 5.62. The third-order valence-corrected chi connectivity index (χ3v) is 8.06. The molecule has 2 saturated carbocycles. The van der Waals surface area contributed by atoms with Crippen molar-refractivity contribution in [1.29, 1.82) is 0 Å². The number of hydrogen-bond donors (Lipinski definition) is 0. The van der Waals surface area contributed by atoms with Gasteiger partial charge in [0.1, 0.15) is 30.0 Å². The summed E-state index contributed by atoms with van der Waals surface area (Å²) >= 11 is 0. The number of nitrogens with zero attached hydrogens (tertiary/aromatic N) is 6. The molecule has 0 bridgehead atoms. The quantitative estimate of drug-likeness (QED) is 0.185. The van der Waals surface area contributed by atoms with Crippen LogP contribution in [0.3, 0.4) is 0 Å². The number of carbonyl (C=O) groups excluding carboxylic acids is 1. The van der Waals surface area contributed by atoms with Crippen LogP contribution in [-0.2, 0) is 11.8 Å². The third kappa shape index (κ3) is 4.92. The fourth-order valence-electron chi connectivity index (χ4n) is 5.62. The molecule has 3 aromatic heterocycles. The Hall–Kier alpha value is -4.67. The van der Waals surface area contributed by atoms with E-state index in [0.717, 1.165) is 59.2 Å². The molecule has 0 saturated heterocycles. The average Bonchev–Trinajstić information content (AvgIpc) is 3.92. The fraction of sp³-hybridized carbons (Fsp3) is 0.375. The van der Waals surface area contributed by atoms with Crippen molar-refractivity contribution in [3.63, 3.8) is 0 Å². The van der Waals surface area contributed by atoms with Gasteiger partial charge < -0.3 is 18.8 Å². The second-order valence-electron chi connectivity index (χ2n) is 11.3. The van der Waals surface area contributed by atoms with Crippen molar-refractivity contribution in [3.8, 4) is 40.0 Å². The monoisotopic (exact) mass is 584 g/mol.